The molecule has 1 aromatic carbocycles. The maximum Gasteiger partial charge on any atom is 0.0589 e. The minimum absolute atomic E-state index is 0.764. The zero-order valence-corrected chi connectivity index (χ0v) is 12.7. The van der Waals surface area contributed by atoms with Gasteiger partial charge in [0.05, 0.1) is 13.2 Å². The second kappa shape index (κ2) is 8.37. The number of hydrogen-bond acceptors (Lipinski definition) is 4. The Hall–Kier alpha value is -0.940. The summed E-state index contributed by atoms with van der Waals surface area (Å²) in [5.74, 6) is 0. The van der Waals surface area contributed by atoms with Crippen LogP contribution in [0.15, 0.2) is 18.2 Å². The predicted molar refractivity (Wildman–Crippen MR) is 80.9 cm³/mol. The molecule has 1 aliphatic rings. The third kappa shape index (κ3) is 4.28. The van der Waals surface area contributed by atoms with Crippen LogP contribution in [0.2, 0.25) is 0 Å². The van der Waals surface area contributed by atoms with Gasteiger partial charge >= 0.3 is 0 Å². The summed E-state index contributed by atoms with van der Waals surface area (Å²) < 4.78 is 10.4. The molecule has 4 nitrogen and oxygen atoms in total. The van der Waals surface area contributed by atoms with Crippen molar-refractivity contribution in [2.24, 2.45) is 0 Å². The van der Waals surface area contributed by atoms with E-state index in [2.05, 4.69) is 28.4 Å². The fourth-order valence-corrected chi connectivity index (χ4v) is 2.71. The highest BCUT2D eigenvalue weighted by Gasteiger charge is 2.14. The van der Waals surface area contributed by atoms with Crippen LogP contribution in [0.1, 0.15) is 16.7 Å². The van der Waals surface area contributed by atoms with Crippen molar-refractivity contribution in [3.05, 3.63) is 34.9 Å². The van der Waals surface area contributed by atoms with Crippen molar-refractivity contribution in [1.82, 2.24) is 10.2 Å². The van der Waals surface area contributed by atoms with Crippen LogP contribution in [0.4, 0.5) is 0 Å². The van der Waals surface area contributed by atoms with Gasteiger partial charge in [0.1, 0.15) is 0 Å². The summed E-state index contributed by atoms with van der Waals surface area (Å²) in [6.07, 6.45) is 1.13. The van der Waals surface area contributed by atoms with Crippen molar-refractivity contribution in [2.75, 3.05) is 47.1 Å². The highest BCUT2D eigenvalue weighted by molar-refractivity contribution is 5.37. The van der Waals surface area contributed by atoms with Gasteiger partial charge in [-0.2, -0.15) is 0 Å². The van der Waals surface area contributed by atoms with Gasteiger partial charge in [-0.15, -0.1) is 0 Å². The molecule has 0 spiro atoms. The molecule has 0 saturated carbocycles. The SMILES string of the molecule is COCCN(CCOC)Cc1cccc2c1CCNC2. The minimum Gasteiger partial charge on any atom is -0.383 e. The second-order valence-corrected chi connectivity index (χ2v) is 5.24. The summed E-state index contributed by atoms with van der Waals surface area (Å²) in [6.45, 7) is 6.49. The molecule has 0 aliphatic carbocycles. The normalized spacial score (nSPS) is 14.6. The molecule has 2 rings (SSSR count). The molecule has 112 valence electrons. The minimum atomic E-state index is 0.764. The molecule has 0 fully saturated rings. The molecule has 20 heavy (non-hydrogen) atoms. The molecule has 0 amide bonds. The lowest BCUT2D eigenvalue weighted by atomic mass is 9.95. The van der Waals surface area contributed by atoms with Gasteiger partial charge in [0.2, 0.25) is 0 Å². The van der Waals surface area contributed by atoms with E-state index in [1.807, 2.05) is 0 Å². The summed E-state index contributed by atoms with van der Waals surface area (Å²) in [5.41, 5.74) is 4.44. The fourth-order valence-electron chi connectivity index (χ4n) is 2.71. The largest absolute Gasteiger partial charge is 0.383 e. The maximum atomic E-state index is 5.21. The Kier molecular flexibility index (Phi) is 6.47. The first-order valence-corrected chi connectivity index (χ1v) is 7.35. The Morgan fingerprint density at radius 1 is 1.15 bits per heavy atom. The monoisotopic (exact) mass is 278 g/mol. The van der Waals surface area contributed by atoms with Crippen LogP contribution in [0.3, 0.4) is 0 Å². The zero-order valence-electron chi connectivity index (χ0n) is 12.7. The number of methoxy groups -OCH3 is 2. The van der Waals surface area contributed by atoms with E-state index in [0.29, 0.717) is 0 Å². The lowest BCUT2D eigenvalue weighted by molar-refractivity contribution is 0.110. The first-order valence-electron chi connectivity index (χ1n) is 7.35. The van der Waals surface area contributed by atoms with Crippen LogP contribution in [0, 0.1) is 0 Å². The van der Waals surface area contributed by atoms with Gasteiger partial charge in [0.15, 0.2) is 0 Å². The van der Waals surface area contributed by atoms with Crippen LogP contribution in [0.5, 0.6) is 0 Å². The van der Waals surface area contributed by atoms with Gasteiger partial charge in [0.25, 0.3) is 0 Å². The Balaban J connectivity index is 2.05. The summed E-state index contributed by atoms with van der Waals surface area (Å²) >= 11 is 0. The highest BCUT2D eigenvalue weighted by atomic mass is 16.5. The van der Waals surface area contributed by atoms with E-state index in [9.17, 15) is 0 Å². The molecule has 0 radical (unpaired) electrons. The second-order valence-electron chi connectivity index (χ2n) is 5.24. The van der Waals surface area contributed by atoms with Crippen molar-refractivity contribution in [3.8, 4) is 0 Å². The number of fused-ring (bicyclic) bond motifs is 1. The highest BCUT2D eigenvalue weighted by Crippen LogP contribution is 2.20. The van der Waals surface area contributed by atoms with Crippen molar-refractivity contribution in [2.45, 2.75) is 19.5 Å². The van der Waals surface area contributed by atoms with E-state index in [-0.39, 0.29) is 0 Å². The quantitative estimate of drug-likeness (QED) is 0.780. The number of nitrogens with zero attached hydrogens (tertiary/aromatic N) is 1. The van der Waals surface area contributed by atoms with Crippen molar-refractivity contribution in [1.29, 1.82) is 0 Å². The number of rotatable bonds is 8. The smallest absolute Gasteiger partial charge is 0.0589 e. The van der Waals surface area contributed by atoms with Crippen molar-refractivity contribution >= 4 is 0 Å². The molecule has 4 heteroatoms. The molecule has 0 bridgehead atoms. The van der Waals surface area contributed by atoms with Crippen molar-refractivity contribution in [3.63, 3.8) is 0 Å². The molecule has 1 aromatic rings. The van der Waals surface area contributed by atoms with E-state index in [1.54, 1.807) is 14.2 Å². The van der Waals surface area contributed by atoms with Gasteiger partial charge in [-0.05, 0) is 29.7 Å². The summed E-state index contributed by atoms with van der Waals surface area (Å²) in [5, 5.41) is 3.44. The van der Waals surface area contributed by atoms with E-state index in [4.69, 9.17) is 9.47 Å². The Bertz CT molecular complexity index is 401. The number of hydrogen-bond donors (Lipinski definition) is 1. The van der Waals surface area contributed by atoms with Crippen LogP contribution in [-0.4, -0.2) is 52.0 Å². The Labute approximate surface area is 122 Å². The van der Waals surface area contributed by atoms with Crippen LogP contribution in [0.25, 0.3) is 0 Å². The van der Waals surface area contributed by atoms with Gasteiger partial charge in [-0.1, -0.05) is 18.2 Å². The van der Waals surface area contributed by atoms with E-state index in [0.717, 1.165) is 52.4 Å². The van der Waals surface area contributed by atoms with Crippen LogP contribution < -0.4 is 5.32 Å². The summed E-state index contributed by atoms with van der Waals surface area (Å²) in [6, 6.07) is 6.67. The zero-order chi connectivity index (χ0) is 14.2. The topological polar surface area (TPSA) is 33.7 Å². The third-order valence-electron chi connectivity index (χ3n) is 3.85. The van der Waals surface area contributed by atoms with Gasteiger partial charge < -0.3 is 14.8 Å². The Morgan fingerprint density at radius 3 is 2.60 bits per heavy atom. The fraction of sp³-hybridized carbons (Fsp3) is 0.625. The van der Waals surface area contributed by atoms with Gasteiger partial charge in [-0.25, -0.2) is 0 Å². The van der Waals surface area contributed by atoms with Crippen LogP contribution in [-0.2, 0) is 29.0 Å². The predicted octanol–water partition coefficient (Wildman–Crippen LogP) is 1.43. The summed E-state index contributed by atoms with van der Waals surface area (Å²) in [7, 11) is 3.51. The number of benzene rings is 1. The molecule has 0 atom stereocenters. The molecular formula is C16H26N2O2. The molecule has 1 heterocycles. The molecular weight excluding hydrogens is 252 g/mol. The van der Waals surface area contributed by atoms with Gasteiger partial charge in [0, 0.05) is 40.4 Å². The first kappa shape index (κ1) is 15.4. The first-order chi connectivity index (χ1) is 9.85. The van der Waals surface area contributed by atoms with Crippen LogP contribution >= 0.6 is 0 Å². The lowest BCUT2D eigenvalue weighted by Crippen LogP contribution is -2.32. The summed E-state index contributed by atoms with van der Waals surface area (Å²) in [4.78, 5) is 2.41. The van der Waals surface area contributed by atoms with E-state index >= 15 is 0 Å². The van der Waals surface area contributed by atoms with Crippen molar-refractivity contribution < 1.29 is 9.47 Å². The van der Waals surface area contributed by atoms with Gasteiger partial charge in [-0.3, -0.25) is 4.90 Å². The molecule has 0 saturated heterocycles. The lowest BCUT2D eigenvalue weighted by Gasteiger charge is -2.26. The molecule has 1 aliphatic heterocycles. The van der Waals surface area contributed by atoms with E-state index < -0.39 is 0 Å². The Morgan fingerprint density at radius 2 is 1.90 bits per heavy atom. The molecule has 0 unspecified atom stereocenters. The standard InChI is InChI=1S/C16H26N2O2/c1-19-10-8-18(9-11-20-2)13-15-5-3-4-14-12-17-7-6-16(14)15/h3-5,17H,6-13H2,1-2H3. The third-order valence-corrected chi connectivity index (χ3v) is 3.85. The maximum absolute atomic E-state index is 5.21. The molecule has 0 aromatic heterocycles. The average Bonchev–Trinajstić information content (AvgIpc) is 2.50. The number of nitrogens with one attached hydrogen (secondary N) is 1. The van der Waals surface area contributed by atoms with E-state index in [1.165, 1.54) is 16.7 Å². The average molecular weight is 278 g/mol. The number of ether oxygens (including phenoxy) is 2. The molecule has 1 N–H and O–H groups in total.